The summed E-state index contributed by atoms with van der Waals surface area (Å²) in [6, 6.07) is 7.34. The van der Waals surface area contributed by atoms with Crippen LogP contribution >= 0.6 is 0 Å². The van der Waals surface area contributed by atoms with E-state index in [1.165, 1.54) is 0 Å². The number of hydrogen-bond donors (Lipinski definition) is 2. The third-order valence-electron chi connectivity index (χ3n) is 4.64. The fourth-order valence-corrected chi connectivity index (χ4v) is 2.77. The van der Waals surface area contributed by atoms with E-state index < -0.39 is 0 Å². The molecule has 2 rings (SSSR count). The summed E-state index contributed by atoms with van der Waals surface area (Å²) in [5.41, 5.74) is 1.53. The van der Waals surface area contributed by atoms with Crippen LogP contribution in [0, 0.1) is 5.92 Å². The Labute approximate surface area is 149 Å². The highest BCUT2D eigenvalue weighted by molar-refractivity contribution is 5.94. The first-order valence-corrected chi connectivity index (χ1v) is 8.89. The van der Waals surface area contributed by atoms with Gasteiger partial charge in [0, 0.05) is 37.7 Å². The van der Waals surface area contributed by atoms with Crippen LogP contribution in [0.25, 0.3) is 0 Å². The zero-order valence-electron chi connectivity index (χ0n) is 15.2. The third-order valence-corrected chi connectivity index (χ3v) is 4.64. The summed E-state index contributed by atoms with van der Waals surface area (Å²) >= 11 is 0. The van der Waals surface area contributed by atoms with Crippen molar-refractivity contribution in [2.24, 2.45) is 5.92 Å². The Morgan fingerprint density at radius 1 is 1.24 bits per heavy atom. The molecule has 1 aliphatic rings. The van der Waals surface area contributed by atoms with Crippen molar-refractivity contribution in [1.29, 1.82) is 0 Å². The molecule has 0 unspecified atom stereocenters. The molecule has 6 heteroatoms. The highest BCUT2D eigenvalue weighted by Gasteiger charge is 2.33. The number of rotatable bonds is 7. The van der Waals surface area contributed by atoms with Crippen LogP contribution in [0.15, 0.2) is 24.3 Å². The zero-order chi connectivity index (χ0) is 18.4. The Kier molecular flexibility index (Phi) is 6.56. The highest BCUT2D eigenvalue weighted by atomic mass is 16.2. The molecule has 0 aliphatic carbocycles. The molecule has 1 fully saturated rings. The van der Waals surface area contributed by atoms with Crippen molar-refractivity contribution in [3.05, 3.63) is 35.4 Å². The minimum atomic E-state index is -0.270. The number of carbonyl (C=O) groups is 3. The molecule has 25 heavy (non-hydrogen) atoms. The van der Waals surface area contributed by atoms with E-state index in [0.717, 1.165) is 12.0 Å². The number of nitrogens with one attached hydrogen (secondary N) is 2. The lowest BCUT2D eigenvalue weighted by Crippen LogP contribution is -2.33. The second-order valence-corrected chi connectivity index (χ2v) is 6.53. The van der Waals surface area contributed by atoms with Gasteiger partial charge in [0.1, 0.15) is 0 Å². The van der Waals surface area contributed by atoms with Crippen molar-refractivity contribution in [3.63, 3.8) is 0 Å². The van der Waals surface area contributed by atoms with E-state index in [1.54, 1.807) is 17.0 Å². The van der Waals surface area contributed by atoms with Crippen molar-refractivity contribution in [2.45, 2.75) is 46.2 Å². The van der Waals surface area contributed by atoms with Crippen LogP contribution in [0.5, 0.6) is 0 Å². The lowest BCUT2D eigenvalue weighted by molar-refractivity contribution is -0.128. The largest absolute Gasteiger partial charge is 0.352 e. The second-order valence-electron chi connectivity index (χ2n) is 6.53. The molecule has 1 aliphatic heterocycles. The summed E-state index contributed by atoms with van der Waals surface area (Å²) in [6.07, 6.45) is 1.17. The van der Waals surface area contributed by atoms with E-state index in [-0.39, 0.29) is 36.1 Å². The molecule has 0 bridgehead atoms. The highest BCUT2D eigenvalue weighted by Crippen LogP contribution is 2.17. The van der Waals surface area contributed by atoms with Crippen LogP contribution in [-0.4, -0.2) is 41.8 Å². The molecule has 1 heterocycles. The van der Waals surface area contributed by atoms with Crippen molar-refractivity contribution in [2.75, 3.05) is 13.1 Å². The molecule has 3 amide bonds. The van der Waals surface area contributed by atoms with E-state index in [0.29, 0.717) is 25.2 Å². The Morgan fingerprint density at radius 3 is 2.48 bits per heavy atom. The summed E-state index contributed by atoms with van der Waals surface area (Å²) in [6.45, 7) is 7.43. The van der Waals surface area contributed by atoms with Gasteiger partial charge in [-0.2, -0.15) is 0 Å². The normalized spacial score (nSPS) is 18.1. The van der Waals surface area contributed by atoms with Gasteiger partial charge in [-0.25, -0.2) is 0 Å². The molecule has 136 valence electrons. The fourth-order valence-electron chi connectivity index (χ4n) is 2.77. The van der Waals surface area contributed by atoms with Gasteiger partial charge in [-0.1, -0.05) is 19.1 Å². The van der Waals surface area contributed by atoms with Crippen molar-refractivity contribution in [1.82, 2.24) is 15.5 Å². The molecule has 1 aromatic rings. The standard InChI is InChI=1S/C19H27N3O3/c1-4-13(3)21-19(25)15-8-6-14(7-9-15)11-20-18(24)16-10-17(23)22(5-2)12-16/h6-9,13,16H,4-5,10-12H2,1-3H3,(H,20,24)(H,21,25)/t13-,16-/m1/s1. The monoisotopic (exact) mass is 345 g/mol. The van der Waals surface area contributed by atoms with Gasteiger partial charge in [0.2, 0.25) is 11.8 Å². The topological polar surface area (TPSA) is 78.5 Å². The molecule has 0 spiro atoms. The summed E-state index contributed by atoms with van der Waals surface area (Å²) < 4.78 is 0. The molecule has 6 nitrogen and oxygen atoms in total. The molecule has 2 atom stereocenters. The molecule has 0 radical (unpaired) electrons. The fraction of sp³-hybridized carbons (Fsp3) is 0.526. The zero-order valence-corrected chi connectivity index (χ0v) is 15.2. The van der Waals surface area contributed by atoms with Crippen LogP contribution < -0.4 is 10.6 Å². The van der Waals surface area contributed by atoms with Crippen LogP contribution in [-0.2, 0) is 16.1 Å². The average Bonchev–Trinajstić information content (AvgIpc) is 3.00. The number of carbonyl (C=O) groups excluding carboxylic acids is 3. The molecule has 1 aromatic carbocycles. The van der Waals surface area contributed by atoms with Crippen molar-refractivity contribution >= 4 is 17.7 Å². The summed E-state index contributed by atoms with van der Waals surface area (Å²) in [5, 5.41) is 5.80. The van der Waals surface area contributed by atoms with Gasteiger partial charge in [-0.3, -0.25) is 14.4 Å². The van der Waals surface area contributed by atoms with Crippen LogP contribution in [0.1, 0.15) is 49.5 Å². The SMILES string of the molecule is CC[C@@H](C)NC(=O)c1ccc(CNC(=O)[C@@H]2CC(=O)N(CC)C2)cc1. The second kappa shape index (κ2) is 8.65. The van der Waals surface area contributed by atoms with E-state index in [4.69, 9.17) is 0 Å². The summed E-state index contributed by atoms with van der Waals surface area (Å²) in [5.74, 6) is -0.413. The van der Waals surface area contributed by atoms with Crippen LogP contribution in [0.3, 0.4) is 0 Å². The first kappa shape index (κ1) is 19.0. The molecular weight excluding hydrogens is 318 g/mol. The number of likely N-dealkylation sites (tertiary alicyclic amines) is 1. The number of hydrogen-bond acceptors (Lipinski definition) is 3. The Balaban J connectivity index is 1.84. The van der Waals surface area contributed by atoms with Crippen LogP contribution in [0.2, 0.25) is 0 Å². The smallest absolute Gasteiger partial charge is 0.251 e. The quantitative estimate of drug-likeness (QED) is 0.789. The maximum absolute atomic E-state index is 12.2. The van der Waals surface area contributed by atoms with Crippen molar-refractivity contribution < 1.29 is 14.4 Å². The molecular formula is C19H27N3O3. The molecule has 2 N–H and O–H groups in total. The Bertz CT molecular complexity index is 627. The summed E-state index contributed by atoms with van der Waals surface area (Å²) in [7, 11) is 0. The Morgan fingerprint density at radius 2 is 1.92 bits per heavy atom. The number of benzene rings is 1. The van der Waals surface area contributed by atoms with E-state index in [2.05, 4.69) is 10.6 Å². The van der Waals surface area contributed by atoms with Gasteiger partial charge in [-0.15, -0.1) is 0 Å². The van der Waals surface area contributed by atoms with E-state index >= 15 is 0 Å². The van der Waals surface area contributed by atoms with E-state index in [1.807, 2.05) is 32.9 Å². The number of amides is 3. The lowest BCUT2D eigenvalue weighted by atomic mass is 10.1. The summed E-state index contributed by atoms with van der Waals surface area (Å²) in [4.78, 5) is 37.6. The van der Waals surface area contributed by atoms with Crippen LogP contribution in [0.4, 0.5) is 0 Å². The van der Waals surface area contributed by atoms with Gasteiger partial charge < -0.3 is 15.5 Å². The van der Waals surface area contributed by atoms with E-state index in [9.17, 15) is 14.4 Å². The minimum Gasteiger partial charge on any atom is -0.352 e. The van der Waals surface area contributed by atoms with Crippen molar-refractivity contribution in [3.8, 4) is 0 Å². The number of nitrogens with zero attached hydrogens (tertiary/aromatic N) is 1. The van der Waals surface area contributed by atoms with Gasteiger partial charge in [-0.05, 0) is 38.0 Å². The molecule has 0 saturated carbocycles. The molecule has 0 aromatic heterocycles. The Hall–Kier alpha value is -2.37. The lowest BCUT2D eigenvalue weighted by Gasteiger charge is -2.14. The maximum Gasteiger partial charge on any atom is 0.251 e. The minimum absolute atomic E-state index is 0.0410. The maximum atomic E-state index is 12.2. The van der Waals surface area contributed by atoms with Gasteiger partial charge in [0.05, 0.1) is 5.92 Å². The van der Waals surface area contributed by atoms with Gasteiger partial charge in [0.25, 0.3) is 5.91 Å². The predicted octanol–water partition coefficient (Wildman–Crippen LogP) is 1.70. The van der Waals surface area contributed by atoms with Gasteiger partial charge in [0.15, 0.2) is 0 Å². The average molecular weight is 345 g/mol. The first-order valence-electron chi connectivity index (χ1n) is 8.89. The molecule has 1 saturated heterocycles. The third kappa shape index (κ3) is 5.05. The first-order chi connectivity index (χ1) is 11.9. The predicted molar refractivity (Wildman–Crippen MR) is 95.9 cm³/mol. The van der Waals surface area contributed by atoms with Gasteiger partial charge >= 0.3 is 0 Å².